The first-order chi connectivity index (χ1) is 9.35. The molecular weight excluding hydrogens is 256 g/mol. The van der Waals surface area contributed by atoms with Gasteiger partial charge in [0, 0.05) is 18.3 Å². The van der Waals surface area contributed by atoms with Gasteiger partial charge in [0.2, 0.25) is 0 Å². The summed E-state index contributed by atoms with van der Waals surface area (Å²) in [6, 6.07) is 3.48. The number of nitrogens with one attached hydrogen (secondary N) is 2. The average Bonchev–Trinajstić information content (AvgIpc) is 2.36. The van der Waals surface area contributed by atoms with E-state index < -0.39 is 0 Å². The highest BCUT2D eigenvalue weighted by Gasteiger charge is 2.16. The first-order valence-corrected chi connectivity index (χ1v) is 6.80. The van der Waals surface area contributed by atoms with Crippen molar-refractivity contribution in [1.29, 1.82) is 0 Å². The number of hydrogen-bond donors (Lipinski definition) is 2. The minimum absolute atomic E-state index is 0.0548. The Morgan fingerprint density at radius 2 is 1.80 bits per heavy atom. The molecule has 2 N–H and O–H groups in total. The Balaban J connectivity index is 2.04. The zero-order valence-electron chi connectivity index (χ0n) is 12.5. The minimum atomic E-state index is -0.209. The highest BCUT2D eigenvalue weighted by molar-refractivity contribution is 5.90. The molecule has 0 aliphatic carbocycles. The van der Waals surface area contributed by atoms with Crippen molar-refractivity contribution < 1.29 is 14.3 Å². The predicted octanol–water partition coefficient (Wildman–Crippen LogP) is 2.93. The summed E-state index contributed by atoms with van der Waals surface area (Å²) in [5.41, 5.74) is 1.74. The van der Waals surface area contributed by atoms with E-state index in [4.69, 9.17) is 9.47 Å². The van der Waals surface area contributed by atoms with Gasteiger partial charge >= 0.3 is 6.03 Å². The molecule has 1 heterocycles. The van der Waals surface area contributed by atoms with Gasteiger partial charge in [0.15, 0.2) is 11.5 Å². The summed E-state index contributed by atoms with van der Waals surface area (Å²) in [5, 5.41) is 5.70. The molecule has 1 aromatic rings. The summed E-state index contributed by atoms with van der Waals surface area (Å²) in [5.74, 6) is 1.40. The molecular formula is C15H22N2O3. The Morgan fingerprint density at radius 1 is 1.20 bits per heavy atom. The van der Waals surface area contributed by atoms with Gasteiger partial charge in [0.1, 0.15) is 13.2 Å². The molecule has 5 nitrogen and oxygen atoms in total. The summed E-state index contributed by atoms with van der Waals surface area (Å²) in [6.45, 7) is 9.85. The van der Waals surface area contributed by atoms with E-state index in [2.05, 4.69) is 31.4 Å². The Bertz CT molecular complexity index is 507. The fourth-order valence-electron chi connectivity index (χ4n) is 1.84. The van der Waals surface area contributed by atoms with Crippen molar-refractivity contribution in [3.63, 3.8) is 0 Å². The zero-order chi connectivity index (χ0) is 14.8. The number of carbonyl (C=O) groups is 1. The van der Waals surface area contributed by atoms with Crippen molar-refractivity contribution in [2.75, 3.05) is 25.1 Å². The number of hydrogen-bond acceptors (Lipinski definition) is 3. The van der Waals surface area contributed by atoms with Crippen LogP contribution in [0.5, 0.6) is 11.5 Å². The van der Waals surface area contributed by atoms with Crippen LogP contribution in [0, 0.1) is 12.3 Å². The van der Waals surface area contributed by atoms with E-state index >= 15 is 0 Å². The molecule has 1 aliphatic rings. The highest BCUT2D eigenvalue weighted by atomic mass is 16.6. The van der Waals surface area contributed by atoms with Crippen molar-refractivity contribution in [1.82, 2.24) is 5.32 Å². The third kappa shape index (κ3) is 3.79. The molecule has 20 heavy (non-hydrogen) atoms. The molecule has 2 amide bonds. The molecule has 0 spiro atoms. The van der Waals surface area contributed by atoms with Crippen molar-refractivity contribution in [3.05, 3.63) is 17.7 Å². The molecule has 2 rings (SSSR count). The predicted molar refractivity (Wildman–Crippen MR) is 78.6 cm³/mol. The summed E-state index contributed by atoms with van der Waals surface area (Å²) in [4.78, 5) is 11.9. The maximum Gasteiger partial charge on any atom is 0.319 e. The molecule has 0 aromatic heterocycles. The Hall–Kier alpha value is -1.91. The standard InChI is InChI=1S/C15H22N2O3/c1-10-7-12-13(20-6-5-19-12)8-11(10)17-14(18)16-9-15(2,3)4/h7-8H,5-6,9H2,1-4H3,(H2,16,17,18). The maximum atomic E-state index is 11.9. The van der Waals surface area contributed by atoms with Gasteiger partial charge in [-0.25, -0.2) is 4.79 Å². The molecule has 0 bridgehead atoms. The zero-order valence-corrected chi connectivity index (χ0v) is 12.5. The van der Waals surface area contributed by atoms with Gasteiger partial charge in [0.25, 0.3) is 0 Å². The lowest BCUT2D eigenvalue weighted by atomic mass is 9.97. The Labute approximate surface area is 119 Å². The fraction of sp³-hybridized carbons (Fsp3) is 0.533. The van der Waals surface area contributed by atoms with Gasteiger partial charge in [-0.3, -0.25) is 0 Å². The van der Waals surface area contributed by atoms with Gasteiger partial charge in [0.05, 0.1) is 0 Å². The Morgan fingerprint density at radius 3 is 2.40 bits per heavy atom. The lowest BCUT2D eigenvalue weighted by Crippen LogP contribution is -2.35. The lowest BCUT2D eigenvalue weighted by Gasteiger charge is -2.21. The number of benzene rings is 1. The van der Waals surface area contributed by atoms with Crippen LogP contribution in [0.2, 0.25) is 0 Å². The number of ether oxygens (including phenoxy) is 2. The van der Waals surface area contributed by atoms with Gasteiger partial charge in [-0.1, -0.05) is 20.8 Å². The summed E-state index contributed by atoms with van der Waals surface area (Å²) in [7, 11) is 0. The topological polar surface area (TPSA) is 59.6 Å². The number of rotatable bonds is 2. The van der Waals surface area contributed by atoms with Crippen molar-refractivity contribution in [2.24, 2.45) is 5.41 Å². The van der Waals surface area contributed by atoms with Crippen molar-refractivity contribution in [2.45, 2.75) is 27.7 Å². The number of aryl methyl sites for hydroxylation is 1. The van der Waals surface area contributed by atoms with Crippen LogP contribution in [0.1, 0.15) is 26.3 Å². The molecule has 0 radical (unpaired) electrons. The Kier molecular flexibility index (Phi) is 4.06. The normalized spacial score (nSPS) is 13.8. The molecule has 1 aromatic carbocycles. The van der Waals surface area contributed by atoms with Crippen LogP contribution in [0.15, 0.2) is 12.1 Å². The van der Waals surface area contributed by atoms with Gasteiger partial charge in [-0.05, 0) is 24.0 Å². The number of amides is 2. The van der Waals surface area contributed by atoms with Crippen LogP contribution in [0.4, 0.5) is 10.5 Å². The quantitative estimate of drug-likeness (QED) is 0.874. The van der Waals surface area contributed by atoms with E-state index in [0.717, 1.165) is 17.0 Å². The maximum absolute atomic E-state index is 11.9. The third-order valence-corrected chi connectivity index (χ3v) is 2.92. The smallest absolute Gasteiger partial charge is 0.319 e. The van der Waals surface area contributed by atoms with Crippen molar-refractivity contribution >= 4 is 11.7 Å². The van der Waals surface area contributed by atoms with Crippen LogP contribution in [-0.4, -0.2) is 25.8 Å². The third-order valence-electron chi connectivity index (χ3n) is 2.92. The fourth-order valence-corrected chi connectivity index (χ4v) is 1.84. The molecule has 0 saturated carbocycles. The number of urea groups is 1. The van der Waals surface area contributed by atoms with Gasteiger partial charge in [-0.2, -0.15) is 0 Å². The number of carbonyl (C=O) groups excluding carboxylic acids is 1. The van der Waals surface area contributed by atoms with Crippen LogP contribution in [0.3, 0.4) is 0 Å². The van der Waals surface area contributed by atoms with Gasteiger partial charge < -0.3 is 20.1 Å². The van der Waals surface area contributed by atoms with Gasteiger partial charge in [-0.15, -0.1) is 0 Å². The van der Waals surface area contributed by atoms with Crippen LogP contribution in [0.25, 0.3) is 0 Å². The molecule has 1 aliphatic heterocycles. The molecule has 0 fully saturated rings. The van der Waals surface area contributed by atoms with E-state index in [0.29, 0.717) is 25.5 Å². The summed E-state index contributed by atoms with van der Waals surface area (Å²) < 4.78 is 11.0. The van der Waals surface area contributed by atoms with E-state index in [9.17, 15) is 4.79 Å². The van der Waals surface area contributed by atoms with Crippen LogP contribution in [-0.2, 0) is 0 Å². The second-order valence-corrected chi connectivity index (χ2v) is 6.18. The summed E-state index contributed by atoms with van der Waals surface area (Å²) >= 11 is 0. The van der Waals surface area contributed by atoms with E-state index in [-0.39, 0.29) is 11.4 Å². The second-order valence-electron chi connectivity index (χ2n) is 6.18. The second kappa shape index (κ2) is 5.61. The average molecular weight is 278 g/mol. The SMILES string of the molecule is Cc1cc2c(cc1NC(=O)NCC(C)(C)C)OCCO2. The van der Waals surface area contributed by atoms with E-state index in [1.54, 1.807) is 6.07 Å². The largest absolute Gasteiger partial charge is 0.486 e. The van der Waals surface area contributed by atoms with Crippen molar-refractivity contribution in [3.8, 4) is 11.5 Å². The first-order valence-electron chi connectivity index (χ1n) is 6.80. The van der Waals surface area contributed by atoms with Crippen LogP contribution >= 0.6 is 0 Å². The highest BCUT2D eigenvalue weighted by Crippen LogP contribution is 2.35. The molecule has 5 heteroatoms. The lowest BCUT2D eigenvalue weighted by molar-refractivity contribution is 0.171. The number of fused-ring (bicyclic) bond motifs is 1. The number of anilines is 1. The van der Waals surface area contributed by atoms with E-state index in [1.165, 1.54) is 0 Å². The molecule has 0 saturated heterocycles. The molecule has 110 valence electrons. The molecule has 0 unspecified atom stereocenters. The first kappa shape index (κ1) is 14.5. The minimum Gasteiger partial charge on any atom is -0.486 e. The summed E-state index contributed by atoms with van der Waals surface area (Å²) in [6.07, 6.45) is 0. The van der Waals surface area contributed by atoms with Crippen LogP contribution < -0.4 is 20.1 Å². The molecule has 0 atom stereocenters. The monoisotopic (exact) mass is 278 g/mol. The van der Waals surface area contributed by atoms with E-state index in [1.807, 2.05) is 13.0 Å².